The fraction of sp³-hybridized carbons (Fsp3) is 0.663. The first-order valence-electron chi connectivity index (χ1n) is 44.4. The number of rotatable bonds is 38. The smallest absolute Gasteiger partial charge is 0.550 e. The molecule has 1 unspecified atom stereocenters. The van der Waals surface area contributed by atoms with Gasteiger partial charge < -0.3 is 39.3 Å². The topological polar surface area (TPSA) is 161 Å². The van der Waals surface area contributed by atoms with Gasteiger partial charge in [0.15, 0.2) is 5.79 Å². The molecule has 7 aliphatic rings. The number of hydrogen-bond donors (Lipinski definition) is 2. The number of carbonyl (C=O) groups is 4. The monoisotopic (exact) mass is 1940 g/mol. The third kappa shape index (κ3) is 30.8. The molecule has 2 heterocycles. The molecule has 13 atom stereocenters. The van der Waals surface area contributed by atoms with Gasteiger partial charge in [-0.2, -0.15) is 0 Å². The molecule has 1 aromatic rings. The second-order valence-electron chi connectivity index (χ2n) is 36.7. The predicted octanol–water partition coefficient (Wildman–Crippen LogP) is 24.2. The van der Waals surface area contributed by atoms with Crippen LogP contribution in [0.2, 0.25) is 0 Å². The molecule has 2 saturated heterocycles. The van der Waals surface area contributed by atoms with Crippen molar-refractivity contribution in [3.63, 3.8) is 0 Å². The molecular formula is C101H151I3NNaO10. The van der Waals surface area contributed by atoms with E-state index >= 15 is 0 Å². The van der Waals surface area contributed by atoms with Gasteiger partial charge in [-0.15, -0.1) is 0 Å². The molecule has 116 heavy (non-hydrogen) atoms. The summed E-state index contributed by atoms with van der Waals surface area (Å²) in [6.45, 7) is 41.0. The Hall–Kier alpha value is -2.95. The molecule has 1 amide bonds. The number of ether oxygens (including phenoxy) is 4. The Morgan fingerprint density at radius 2 is 1.03 bits per heavy atom. The first-order valence-corrected chi connectivity index (χ1v) is 47.6. The number of fused-ring (bicyclic) bond motifs is 7. The molecule has 0 radical (unpaired) electrons. The van der Waals surface area contributed by atoms with Gasteiger partial charge in [0, 0.05) is 52.5 Å². The summed E-state index contributed by atoms with van der Waals surface area (Å²) in [5.41, 5.74) is 18.1. The number of aliphatic hydroxyl groups excluding tert-OH is 1. The number of amides is 1. The summed E-state index contributed by atoms with van der Waals surface area (Å²) in [7, 11) is 2.78. The number of aliphatic hydroxyl groups is 1. The molecule has 642 valence electrons. The number of nitrogens with one attached hydrogen (secondary N) is 1. The first-order chi connectivity index (χ1) is 54.6. The number of allylic oxidation sites excluding steroid dienone is 22. The summed E-state index contributed by atoms with van der Waals surface area (Å²) in [6, 6.07) is 1.97. The average Bonchev–Trinajstić information content (AvgIpc) is 1.52. The molecule has 1 aromatic carbocycles. The van der Waals surface area contributed by atoms with Crippen LogP contribution in [-0.2, 0) is 44.5 Å². The Bertz CT molecular complexity index is 3820. The van der Waals surface area contributed by atoms with Gasteiger partial charge in [-0.3, -0.25) is 14.4 Å². The molecule has 6 fully saturated rings. The fourth-order valence-electron chi connectivity index (χ4n) is 19.8. The van der Waals surface area contributed by atoms with Crippen molar-refractivity contribution in [2.75, 3.05) is 26.1 Å². The molecule has 8 rings (SSSR count). The molecule has 0 bridgehead atoms. The van der Waals surface area contributed by atoms with E-state index in [9.17, 15) is 29.4 Å². The minimum atomic E-state index is -1.02. The number of carbonyl (C=O) groups excluding carboxylic acids is 4. The molecular weight excluding hydrogens is 1790 g/mol. The van der Waals surface area contributed by atoms with Crippen LogP contribution in [0.1, 0.15) is 336 Å². The number of anilines is 1. The van der Waals surface area contributed by atoms with Crippen LogP contribution in [0.15, 0.2) is 145 Å². The predicted molar refractivity (Wildman–Crippen MR) is 503 cm³/mol. The van der Waals surface area contributed by atoms with Gasteiger partial charge in [0.2, 0.25) is 29.0 Å². The van der Waals surface area contributed by atoms with Crippen molar-refractivity contribution in [2.45, 2.75) is 355 Å². The normalized spacial score (nSPS) is 27.1. The fourth-order valence-corrected chi connectivity index (χ4v) is 23.9. The van der Waals surface area contributed by atoms with Crippen molar-refractivity contribution in [3.05, 3.63) is 161 Å². The van der Waals surface area contributed by atoms with E-state index in [1.54, 1.807) is 6.92 Å². The Morgan fingerprint density at radius 1 is 0.586 bits per heavy atom. The maximum atomic E-state index is 12.9. The zero-order chi connectivity index (χ0) is 84.9. The maximum absolute atomic E-state index is 12.9. The van der Waals surface area contributed by atoms with Crippen molar-refractivity contribution in [2.24, 2.45) is 58.2 Å². The minimum Gasteiger partial charge on any atom is -0.550 e. The van der Waals surface area contributed by atoms with Crippen LogP contribution in [0.3, 0.4) is 0 Å². The van der Waals surface area contributed by atoms with Crippen molar-refractivity contribution >= 4 is 96.9 Å². The number of carboxylic acids is 1. The number of halogens is 3. The Kier molecular flexibility index (Phi) is 45.9. The van der Waals surface area contributed by atoms with E-state index in [2.05, 4.69) is 238 Å². The second-order valence-corrected chi connectivity index (χ2v) is 40.1. The molecule has 11 nitrogen and oxygen atoms in total. The van der Waals surface area contributed by atoms with Gasteiger partial charge in [-0.25, -0.2) is 0 Å². The van der Waals surface area contributed by atoms with Crippen LogP contribution in [0, 0.1) is 68.9 Å². The minimum absolute atomic E-state index is 0. The summed E-state index contributed by atoms with van der Waals surface area (Å²) < 4.78 is 26.6. The summed E-state index contributed by atoms with van der Waals surface area (Å²) in [5.74, 6) is 2.81. The number of aliphatic carboxylic acids is 1. The van der Waals surface area contributed by atoms with E-state index in [0.29, 0.717) is 71.5 Å². The van der Waals surface area contributed by atoms with Crippen molar-refractivity contribution < 1.29 is 77.9 Å². The van der Waals surface area contributed by atoms with E-state index in [1.165, 1.54) is 134 Å². The quantitative estimate of drug-likeness (QED) is 0.0282. The van der Waals surface area contributed by atoms with E-state index in [4.69, 9.17) is 18.9 Å². The Labute approximate surface area is 767 Å². The third-order valence-electron chi connectivity index (χ3n) is 27.3. The van der Waals surface area contributed by atoms with Crippen LogP contribution < -0.4 is 40.0 Å². The third-order valence-corrected chi connectivity index (χ3v) is 30.3. The van der Waals surface area contributed by atoms with Crippen LogP contribution in [0.25, 0.3) is 0 Å². The van der Waals surface area contributed by atoms with Gasteiger partial charge in [0.05, 0.1) is 38.7 Å². The summed E-state index contributed by atoms with van der Waals surface area (Å²) in [6.07, 6.45) is 59.3. The van der Waals surface area contributed by atoms with E-state index in [0.717, 1.165) is 174 Å². The molecule has 1 spiro atoms. The molecule has 5 aliphatic carbocycles. The zero-order valence-corrected chi connectivity index (χ0v) is 84.4. The van der Waals surface area contributed by atoms with Gasteiger partial charge in [0.25, 0.3) is 0 Å². The zero-order valence-electron chi connectivity index (χ0n) is 75.9. The van der Waals surface area contributed by atoms with Crippen LogP contribution in [0.5, 0.6) is 0 Å². The van der Waals surface area contributed by atoms with Crippen molar-refractivity contribution in [1.82, 2.24) is 0 Å². The number of hydrogen-bond acceptors (Lipinski definition) is 10. The number of Topliss-reactive ketones (excluding diaryl/α,β-unsaturated/α-hetero) is 2. The van der Waals surface area contributed by atoms with Gasteiger partial charge in [-0.05, 0) is 408 Å². The van der Waals surface area contributed by atoms with E-state index in [-0.39, 0.29) is 70.4 Å². The number of carboxylic acid groups (broad SMARTS) is 1. The van der Waals surface area contributed by atoms with Crippen LogP contribution >= 0.6 is 67.8 Å². The van der Waals surface area contributed by atoms with Gasteiger partial charge in [-0.1, -0.05) is 158 Å². The number of methoxy groups -OCH3 is 2. The molecule has 2 N–H and O–H groups in total. The summed E-state index contributed by atoms with van der Waals surface area (Å²) in [4.78, 5) is 48.6. The largest absolute Gasteiger partial charge is 1.00 e. The van der Waals surface area contributed by atoms with E-state index in [1.807, 2.05) is 19.9 Å². The van der Waals surface area contributed by atoms with Crippen LogP contribution in [-0.4, -0.2) is 67.4 Å². The van der Waals surface area contributed by atoms with E-state index < -0.39 is 11.9 Å². The number of benzene rings is 1. The molecule has 0 aromatic heterocycles. The van der Waals surface area contributed by atoms with Crippen LogP contribution in [0.4, 0.5) is 5.69 Å². The molecule has 15 heteroatoms. The maximum Gasteiger partial charge on any atom is 1.00 e. The van der Waals surface area contributed by atoms with Crippen molar-refractivity contribution in [3.8, 4) is 0 Å². The van der Waals surface area contributed by atoms with Crippen molar-refractivity contribution in [1.29, 1.82) is 0 Å². The summed E-state index contributed by atoms with van der Waals surface area (Å²) in [5, 5.41) is 24.4. The second kappa shape index (κ2) is 51.3. The van der Waals surface area contributed by atoms with Gasteiger partial charge in [0.1, 0.15) is 0 Å². The average molecular weight is 1940 g/mol. The SMILES string of the molecule is CCCC(=O)Nc1c(I)cc(I)c(CC(CC)C(=O)[O-])c1I.COC1=C(OC)C(=O)C(C/C=C(\C)CC/C=C(\C)CC/C=C(\C)CC/C=C(\C)CC/C=C(\C)CC/C=C(\C)CC/C=C(\C)CC/C=C(\C)CC/C=C(\C)CCC=C(C)C)=C(C)C1=O.C[C@H]1CC[C@@]2(OC1)O[C@H]1C[C@H]3[C@@H]4CC[C@@H]5C[C@@H](O)CC[C@]5(C)[C@H]4CC[C@]3(C)[C@H]1[C@@H]2C.[Na+]. The molecule has 4 saturated carbocycles. The summed E-state index contributed by atoms with van der Waals surface area (Å²) >= 11 is 6.60. The standard InChI is InChI=1S/C59H90O4.C27H44O3.C15H18I3NO3.Na/c1-44(2)24-15-25-45(3)26-16-27-46(4)28-17-29-47(5)30-18-31-48(6)32-19-33-49(7)34-20-35-50(8)36-21-37-51(9)38-22-39-52(10)40-23-41-53(11)42-43-55-54(12)56(60)58(62-13)59(63-14)57(55)61;1-16-7-12-27(29-15-16)17(2)24-23(30-27)14-22-20-6-5-18-13-19(28)8-10-25(18,3)21(20)9-11-26(22,24)4;1-3-5-12(20)19-14-11(17)7-10(16)9(13(14)18)6-8(4-2)15(21)22;/h24,26,28,30,32,34,36,38,40,42H,15-23,25,27,29,31,33,35,37,39,41,43H2,1-14H3;16-24,28H,5-15H2,1-4H3;7-8H,3-6H2,1-2H3,(H,19,20)(H,21,22);/q;;;+1/p-1/b45-26+,46-28+,47-30+,48-32+,49-34+,50-36+,51-38+,52-40+,53-42+;;;/t;16-,17-,18+,19-,20+,21-,22-,23-,24-,25-,26-,27+;;/m.0../s1. The molecule has 2 aliphatic heterocycles. The Morgan fingerprint density at radius 3 is 1.46 bits per heavy atom. The van der Waals surface area contributed by atoms with Gasteiger partial charge >= 0.3 is 29.6 Å². The Balaban J connectivity index is 0.000000366. The first kappa shape index (κ1) is 104. The number of ketones is 2.